The Kier molecular flexibility index (Phi) is 6.65. The zero-order chi connectivity index (χ0) is 8.69. The van der Waals surface area contributed by atoms with Gasteiger partial charge in [0.15, 0.2) is 5.69 Å². The van der Waals surface area contributed by atoms with Crippen LogP contribution in [-0.4, -0.2) is 4.92 Å². The van der Waals surface area contributed by atoms with Gasteiger partial charge in [0.05, 0.1) is 0 Å². The average Bonchev–Trinajstić information content (AvgIpc) is 2.10. The van der Waals surface area contributed by atoms with E-state index in [1.807, 2.05) is 0 Å². The molecule has 0 aromatic heterocycles. The summed E-state index contributed by atoms with van der Waals surface area (Å²) in [5.74, 6) is 0. The van der Waals surface area contributed by atoms with Crippen LogP contribution in [0, 0.1) is 16.2 Å². The Bertz CT molecular complexity index is 217. The second-order valence-corrected chi connectivity index (χ2v) is 1.52. The van der Waals surface area contributed by atoms with E-state index >= 15 is 0 Å². The zero-order valence-corrected chi connectivity index (χ0v) is 10.8. The van der Waals surface area contributed by atoms with Gasteiger partial charge < -0.3 is 0 Å². The molecule has 3 nitrogen and oxygen atoms in total. The number of nitrogens with zero attached hydrogens (tertiary/aromatic N) is 1. The summed E-state index contributed by atoms with van der Waals surface area (Å²) in [6.45, 7) is 0. The molecule has 1 aromatic carbocycles. The van der Waals surface area contributed by atoms with Crippen molar-refractivity contribution in [3.63, 3.8) is 0 Å². The first-order valence-electron chi connectivity index (χ1n) is 2.68. The fraction of sp³-hybridized carbons (Fsp3) is 0. The van der Waals surface area contributed by atoms with Crippen LogP contribution in [-0.2, 0) is 14.8 Å². The van der Waals surface area contributed by atoms with E-state index in [1.165, 1.54) is 39.1 Å². The van der Waals surface area contributed by atoms with E-state index in [2.05, 4.69) is 25.8 Å². The molecule has 0 spiro atoms. The summed E-state index contributed by atoms with van der Waals surface area (Å²) < 4.78 is 0. The Hall–Kier alpha value is -0.0266. The van der Waals surface area contributed by atoms with Crippen molar-refractivity contribution in [1.82, 2.24) is 0 Å². The molecule has 0 aliphatic carbocycles. The van der Waals surface area contributed by atoms with E-state index in [-0.39, 0.29) is 5.69 Å². The van der Waals surface area contributed by atoms with Crippen molar-refractivity contribution in [1.29, 1.82) is 0 Å². The summed E-state index contributed by atoms with van der Waals surface area (Å²) in [6, 6.07) is 8.51. The number of rotatable bonds is 1. The Morgan fingerprint density at radius 2 is 1.91 bits per heavy atom. The third-order valence-corrected chi connectivity index (χ3v) is 0.911. The van der Waals surface area contributed by atoms with Crippen LogP contribution < -0.4 is 0 Å². The number of benzene rings is 1. The first-order valence-corrected chi connectivity index (χ1v) is 11.7. The van der Waals surface area contributed by atoms with Gasteiger partial charge in [-0.2, -0.15) is 18.2 Å². The normalized spacial score (nSPS) is 7.91. The summed E-state index contributed by atoms with van der Waals surface area (Å²) in [7, 11) is 0. The van der Waals surface area contributed by atoms with E-state index in [0.29, 0.717) is 0 Å². The molecular formula is C6H4INO2Zn. The van der Waals surface area contributed by atoms with Gasteiger partial charge in [-0.05, 0) is 0 Å². The van der Waals surface area contributed by atoms with Crippen molar-refractivity contribution < 1.29 is 19.7 Å². The van der Waals surface area contributed by atoms with Crippen LogP contribution in [0.15, 0.2) is 24.3 Å². The summed E-state index contributed by atoms with van der Waals surface area (Å²) in [4.78, 5) is 9.56. The number of halogens is 1. The number of nitro benzene ring substituents is 1. The van der Waals surface area contributed by atoms with Gasteiger partial charge >= 0.3 is 34.5 Å². The molecule has 0 radical (unpaired) electrons. The van der Waals surface area contributed by atoms with Crippen molar-refractivity contribution in [3.8, 4) is 0 Å². The van der Waals surface area contributed by atoms with Gasteiger partial charge in [0, 0.05) is 4.92 Å². The van der Waals surface area contributed by atoms with Gasteiger partial charge in [0.25, 0.3) is 0 Å². The first kappa shape index (κ1) is 11.0. The van der Waals surface area contributed by atoms with Crippen LogP contribution in [0.5, 0.6) is 0 Å². The molecule has 0 aliphatic rings. The Balaban J connectivity index is 0.000000461. The maximum absolute atomic E-state index is 9.99. The van der Waals surface area contributed by atoms with Crippen molar-refractivity contribution in [2.75, 3.05) is 0 Å². The molecule has 11 heavy (non-hydrogen) atoms. The Morgan fingerprint density at radius 1 is 1.45 bits per heavy atom. The Morgan fingerprint density at radius 3 is 2.18 bits per heavy atom. The second-order valence-electron chi connectivity index (χ2n) is 1.52. The molecule has 0 heterocycles. The SMILES string of the molecule is O=[N+]([O-])c1cc[c-]cc1.[Zn+][I]. The average molecular weight is 314 g/mol. The van der Waals surface area contributed by atoms with E-state index in [0.717, 1.165) is 0 Å². The molecule has 1 rings (SSSR count). The number of hydrogen-bond donors (Lipinski definition) is 0. The minimum absolute atomic E-state index is 0.105. The van der Waals surface area contributed by atoms with Crippen LogP contribution in [0.25, 0.3) is 0 Å². The maximum atomic E-state index is 9.99. The molecule has 0 saturated carbocycles. The van der Waals surface area contributed by atoms with Crippen LogP contribution in [0.2, 0.25) is 0 Å². The number of hydrogen-bond acceptors (Lipinski definition) is 2. The van der Waals surface area contributed by atoms with Crippen molar-refractivity contribution >= 4 is 25.4 Å². The van der Waals surface area contributed by atoms with E-state index < -0.39 is 4.92 Å². The summed E-state index contributed by atoms with van der Waals surface area (Å²) in [5.41, 5.74) is 0.105. The summed E-state index contributed by atoms with van der Waals surface area (Å²) in [6.07, 6.45) is 0. The van der Waals surface area contributed by atoms with Crippen molar-refractivity contribution in [3.05, 3.63) is 40.4 Å². The molecule has 0 unspecified atom stereocenters. The van der Waals surface area contributed by atoms with Crippen LogP contribution in [0.4, 0.5) is 5.69 Å². The third kappa shape index (κ3) is 4.42. The molecule has 5 heteroatoms. The van der Waals surface area contributed by atoms with Gasteiger partial charge in [-0.15, -0.1) is 0 Å². The standard InChI is InChI=1S/C6H4NO2.HI.Zn/c8-7(9)6-4-2-1-3-5-6;;/h2-5H;1H;/q-1;;+2/p-1. The van der Waals surface area contributed by atoms with Gasteiger partial charge in [0.2, 0.25) is 0 Å². The fourth-order valence-corrected chi connectivity index (χ4v) is 0.500. The second kappa shape index (κ2) is 6.67. The summed E-state index contributed by atoms with van der Waals surface area (Å²) in [5, 5.41) is 9.99. The van der Waals surface area contributed by atoms with Crippen molar-refractivity contribution in [2.24, 2.45) is 0 Å². The van der Waals surface area contributed by atoms with Crippen LogP contribution in [0.3, 0.4) is 0 Å². The molecule has 0 amide bonds. The van der Waals surface area contributed by atoms with E-state index in [9.17, 15) is 10.1 Å². The van der Waals surface area contributed by atoms with E-state index in [4.69, 9.17) is 0 Å². The Labute approximate surface area is 85.2 Å². The topological polar surface area (TPSA) is 43.1 Å². The molecule has 1 aromatic rings. The van der Waals surface area contributed by atoms with Crippen molar-refractivity contribution in [2.45, 2.75) is 0 Å². The molecule has 0 bridgehead atoms. The molecule has 54 valence electrons. The molecule has 0 atom stereocenters. The molecular weight excluding hydrogens is 310 g/mol. The molecule has 0 saturated heterocycles. The fourth-order valence-electron chi connectivity index (χ4n) is 0.500. The minimum atomic E-state index is -0.437. The predicted octanol–water partition coefficient (Wildman–Crippen LogP) is 2.28. The monoisotopic (exact) mass is 313 g/mol. The third-order valence-electron chi connectivity index (χ3n) is 0.911. The van der Waals surface area contributed by atoms with Gasteiger partial charge in [0.1, 0.15) is 0 Å². The quantitative estimate of drug-likeness (QED) is 0.262. The zero-order valence-electron chi connectivity index (χ0n) is 5.66. The summed E-state index contributed by atoms with van der Waals surface area (Å²) >= 11 is 3.62. The molecule has 0 fully saturated rings. The van der Waals surface area contributed by atoms with Crippen LogP contribution >= 0.6 is 19.8 Å². The van der Waals surface area contributed by atoms with Gasteiger partial charge in [-0.3, -0.25) is 10.1 Å². The van der Waals surface area contributed by atoms with E-state index in [1.54, 1.807) is 0 Å². The predicted molar refractivity (Wildman–Crippen MR) is 46.0 cm³/mol. The molecule has 0 aliphatic heterocycles. The van der Waals surface area contributed by atoms with Gasteiger partial charge in [-0.1, -0.05) is 12.1 Å². The first-order chi connectivity index (χ1) is 5.30. The molecule has 0 N–H and O–H groups in total. The number of non-ortho nitro benzene ring substituents is 1. The number of nitro groups is 1. The van der Waals surface area contributed by atoms with Crippen LogP contribution in [0.1, 0.15) is 0 Å². The van der Waals surface area contributed by atoms with Gasteiger partial charge in [-0.25, -0.2) is 0 Å².